The van der Waals surface area contributed by atoms with Crippen LogP contribution in [0.25, 0.3) is 10.9 Å². The Morgan fingerprint density at radius 3 is 2.70 bits per heavy atom. The van der Waals surface area contributed by atoms with Gasteiger partial charge < -0.3 is 14.6 Å². The van der Waals surface area contributed by atoms with Crippen molar-refractivity contribution in [2.75, 3.05) is 13.6 Å². The normalized spacial score (nSPS) is 20.0. The molecule has 1 aliphatic heterocycles. The fourth-order valence-electron chi connectivity index (χ4n) is 3.77. The number of aromatic carboxylic acids is 1. The number of rotatable bonds is 3. The van der Waals surface area contributed by atoms with E-state index < -0.39 is 5.97 Å². The summed E-state index contributed by atoms with van der Waals surface area (Å²) in [6, 6.07) is 7.70. The summed E-state index contributed by atoms with van der Waals surface area (Å²) in [6.45, 7) is 4.71. The zero-order valence-electron chi connectivity index (χ0n) is 13.7. The molecule has 1 aromatic heterocycles. The van der Waals surface area contributed by atoms with Crippen molar-refractivity contribution >= 4 is 22.8 Å². The molecule has 122 valence electrons. The van der Waals surface area contributed by atoms with E-state index in [0.717, 1.165) is 29.6 Å². The molecule has 0 radical (unpaired) electrons. The van der Waals surface area contributed by atoms with Crippen LogP contribution in [0.5, 0.6) is 0 Å². The average molecular weight is 314 g/mol. The maximum absolute atomic E-state index is 12.0. The largest absolute Gasteiger partial charge is 0.478 e. The van der Waals surface area contributed by atoms with Crippen molar-refractivity contribution in [2.24, 2.45) is 5.92 Å². The van der Waals surface area contributed by atoms with Gasteiger partial charge in [0.2, 0.25) is 5.91 Å². The average Bonchev–Trinajstić information content (AvgIpc) is 2.81. The second kappa shape index (κ2) is 5.72. The van der Waals surface area contributed by atoms with Gasteiger partial charge in [0.15, 0.2) is 0 Å². The molecular formula is C18H22N2O3. The van der Waals surface area contributed by atoms with Crippen LogP contribution in [0.4, 0.5) is 0 Å². The number of hydrogen-bond acceptors (Lipinski definition) is 2. The van der Waals surface area contributed by atoms with E-state index in [2.05, 4.69) is 11.5 Å². The first-order valence-corrected chi connectivity index (χ1v) is 7.98. The number of carboxylic acids is 1. The number of piperidine rings is 1. The Hall–Kier alpha value is -2.30. The van der Waals surface area contributed by atoms with Crippen LogP contribution < -0.4 is 0 Å². The van der Waals surface area contributed by atoms with Crippen molar-refractivity contribution in [1.82, 2.24) is 9.47 Å². The molecule has 23 heavy (non-hydrogen) atoms. The lowest BCUT2D eigenvalue weighted by Gasteiger charge is -2.34. The molecule has 1 aliphatic rings. The van der Waals surface area contributed by atoms with E-state index in [1.165, 1.54) is 0 Å². The van der Waals surface area contributed by atoms with Crippen LogP contribution in [0.15, 0.2) is 24.3 Å². The third kappa shape index (κ3) is 2.50. The quantitative estimate of drug-likeness (QED) is 0.947. The van der Waals surface area contributed by atoms with Crippen molar-refractivity contribution < 1.29 is 14.7 Å². The summed E-state index contributed by atoms with van der Waals surface area (Å²) in [5.74, 6) is -0.500. The van der Waals surface area contributed by atoms with Crippen LogP contribution in [-0.2, 0) is 4.79 Å². The molecule has 2 unspecified atom stereocenters. The van der Waals surface area contributed by atoms with Gasteiger partial charge in [-0.3, -0.25) is 4.79 Å². The molecule has 0 bridgehead atoms. The van der Waals surface area contributed by atoms with Crippen molar-refractivity contribution in [3.63, 3.8) is 0 Å². The first kappa shape index (κ1) is 15.6. The lowest BCUT2D eigenvalue weighted by atomic mass is 9.89. The van der Waals surface area contributed by atoms with Gasteiger partial charge in [0, 0.05) is 42.7 Å². The number of benzene rings is 1. The van der Waals surface area contributed by atoms with Crippen LogP contribution in [0.3, 0.4) is 0 Å². The van der Waals surface area contributed by atoms with Gasteiger partial charge in [-0.1, -0.05) is 18.2 Å². The molecule has 0 spiro atoms. The highest BCUT2D eigenvalue weighted by atomic mass is 16.4. The second-order valence-electron chi connectivity index (χ2n) is 6.46. The van der Waals surface area contributed by atoms with Gasteiger partial charge in [0.05, 0.1) is 5.56 Å². The topological polar surface area (TPSA) is 62.5 Å². The predicted molar refractivity (Wildman–Crippen MR) is 88.7 cm³/mol. The Bertz CT molecular complexity index is 778. The molecule has 2 heterocycles. The highest BCUT2D eigenvalue weighted by Gasteiger charge is 2.31. The molecule has 1 aromatic carbocycles. The van der Waals surface area contributed by atoms with Gasteiger partial charge in [0.25, 0.3) is 0 Å². The van der Waals surface area contributed by atoms with Gasteiger partial charge in [0.1, 0.15) is 0 Å². The highest BCUT2D eigenvalue weighted by Crippen LogP contribution is 2.35. The van der Waals surface area contributed by atoms with Crippen LogP contribution in [0.1, 0.15) is 41.9 Å². The number of nitrogens with zero attached hydrogens (tertiary/aromatic N) is 2. The number of amides is 1. The molecule has 3 rings (SSSR count). The number of carbonyl (C=O) groups excluding carboxylic acids is 1. The fourth-order valence-corrected chi connectivity index (χ4v) is 3.77. The summed E-state index contributed by atoms with van der Waals surface area (Å²) >= 11 is 0. The Kier molecular flexibility index (Phi) is 3.88. The van der Waals surface area contributed by atoms with Crippen LogP contribution in [0, 0.1) is 12.8 Å². The molecule has 1 saturated heterocycles. The van der Waals surface area contributed by atoms with Crippen molar-refractivity contribution in [2.45, 2.75) is 32.7 Å². The smallest absolute Gasteiger partial charge is 0.338 e. The highest BCUT2D eigenvalue weighted by molar-refractivity contribution is 6.05. The zero-order chi connectivity index (χ0) is 16.7. The fraction of sp³-hybridized carbons (Fsp3) is 0.444. The number of hydrogen-bond donors (Lipinski definition) is 1. The minimum absolute atomic E-state index is 0.0886. The molecule has 1 fully saturated rings. The standard InChI is InChI=1S/C18H22N2O3/c1-11(13-8-9-19(3)16(21)10-13)20-12(2)17(18(22)23)14-6-4-5-7-15(14)20/h4-7,11,13H,8-10H2,1-3H3,(H,22,23). The zero-order valence-corrected chi connectivity index (χ0v) is 13.7. The van der Waals surface area contributed by atoms with Gasteiger partial charge in [-0.2, -0.15) is 0 Å². The maximum atomic E-state index is 12.0. The Morgan fingerprint density at radius 2 is 2.04 bits per heavy atom. The molecule has 2 atom stereocenters. The van der Waals surface area contributed by atoms with Gasteiger partial charge in [-0.25, -0.2) is 4.79 Å². The predicted octanol–water partition coefficient (Wildman–Crippen LogP) is 3.08. The van der Waals surface area contributed by atoms with Crippen LogP contribution in [0.2, 0.25) is 0 Å². The molecule has 1 amide bonds. The van der Waals surface area contributed by atoms with Gasteiger partial charge in [-0.05, 0) is 32.3 Å². The lowest BCUT2D eigenvalue weighted by Crippen LogP contribution is -2.38. The maximum Gasteiger partial charge on any atom is 0.338 e. The number of aromatic nitrogens is 1. The van der Waals surface area contributed by atoms with Crippen molar-refractivity contribution in [3.8, 4) is 0 Å². The second-order valence-corrected chi connectivity index (χ2v) is 6.46. The molecule has 0 aliphatic carbocycles. The molecule has 5 heteroatoms. The van der Waals surface area contributed by atoms with E-state index in [1.807, 2.05) is 38.2 Å². The van der Waals surface area contributed by atoms with Gasteiger partial charge >= 0.3 is 5.97 Å². The van der Waals surface area contributed by atoms with Crippen LogP contribution in [-0.4, -0.2) is 40.0 Å². The van der Waals surface area contributed by atoms with E-state index in [0.29, 0.717) is 12.0 Å². The van der Waals surface area contributed by atoms with Crippen molar-refractivity contribution in [3.05, 3.63) is 35.5 Å². The van der Waals surface area contributed by atoms with E-state index in [-0.39, 0.29) is 17.9 Å². The minimum Gasteiger partial charge on any atom is -0.478 e. The minimum atomic E-state index is -0.899. The van der Waals surface area contributed by atoms with Crippen molar-refractivity contribution in [1.29, 1.82) is 0 Å². The number of fused-ring (bicyclic) bond motifs is 1. The summed E-state index contributed by atoms with van der Waals surface area (Å²) < 4.78 is 2.10. The Labute approximate surface area is 135 Å². The third-order valence-electron chi connectivity index (χ3n) is 5.16. The molecule has 2 aromatic rings. The summed E-state index contributed by atoms with van der Waals surface area (Å²) in [5, 5.41) is 10.3. The number of carbonyl (C=O) groups is 2. The Balaban J connectivity index is 2.07. The third-order valence-corrected chi connectivity index (χ3v) is 5.16. The molecule has 5 nitrogen and oxygen atoms in total. The summed E-state index contributed by atoms with van der Waals surface area (Å²) in [6.07, 6.45) is 1.46. The molecule has 1 N–H and O–H groups in total. The monoisotopic (exact) mass is 314 g/mol. The SMILES string of the molecule is Cc1c(C(=O)O)c2ccccc2n1C(C)C1CCN(C)C(=O)C1. The first-order valence-electron chi connectivity index (χ1n) is 7.98. The van der Waals surface area contributed by atoms with Crippen LogP contribution >= 0.6 is 0 Å². The van der Waals surface area contributed by atoms with E-state index in [4.69, 9.17) is 0 Å². The summed E-state index contributed by atoms with van der Waals surface area (Å²) in [5.41, 5.74) is 2.06. The summed E-state index contributed by atoms with van der Waals surface area (Å²) in [7, 11) is 1.84. The molecule has 0 saturated carbocycles. The first-order chi connectivity index (χ1) is 10.9. The summed E-state index contributed by atoms with van der Waals surface area (Å²) in [4.78, 5) is 25.5. The molecular weight excluding hydrogens is 292 g/mol. The Morgan fingerprint density at radius 1 is 1.35 bits per heavy atom. The number of para-hydroxylation sites is 1. The van der Waals surface area contributed by atoms with E-state index in [1.54, 1.807) is 4.90 Å². The number of likely N-dealkylation sites (tertiary alicyclic amines) is 1. The lowest BCUT2D eigenvalue weighted by molar-refractivity contribution is -0.134. The number of carboxylic acid groups (broad SMARTS) is 1. The van der Waals surface area contributed by atoms with E-state index in [9.17, 15) is 14.7 Å². The van der Waals surface area contributed by atoms with E-state index >= 15 is 0 Å². The van der Waals surface area contributed by atoms with Gasteiger partial charge in [-0.15, -0.1) is 0 Å².